The fourth-order valence-electron chi connectivity index (χ4n) is 2.85. The first-order valence-electron chi connectivity index (χ1n) is 9.19. The van der Waals surface area contributed by atoms with Gasteiger partial charge in [-0.2, -0.15) is 4.31 Å². The van der Waals surface area contributed by atoms with Crippen molar-refractivity contribution >= 4 is 27.9 Å². The molecule has 1 aromatic carbocycles. The lowest BCUT2D eigenvalue weighted by Gasteiger charge is -2.29. The molecule has 154 valence electrons. The number of nitrogens with zero attached hydrogens (tertiary/aromatic N) is 1. The summed E-state index contributed by atoms with van der Waals surface area (Å²) in [6.07, 6.45) is 2.42. The summed E-state index contributed by atoms with van der Waals surface area (Å²) in [6.45, 7) is 1.25. The monoisotopic (exact) mass is 409 g/mol. The average Bonchev–Trinajstić information content (AvgIpc) is 2.71. The van der Waals surface area contributed by atoms with Crippen LogP contribution in [0.1, 0.15) is 18.4 Å². The van der Waals surface area contributed by atoms with Crippen LogP contribution >= 0.6 is 0 Å². The Kier molecular flexibility index (Phi) is 8.62. The first-order valence-corrected chi connectivity index (χ1v) is 10.7. The van der Waals surface area contributed by atoms with Crippen LogP contribution in [0.5, 0.6) is 0 Å². The van der Waals surface area contributed by atoms with Crippen LogP contribution in [-0.4, -0.2) is 64.4 Å². The fourth-order valence-corrected chi connectivity index (χ4v) is 4.07. The highest BCUT2D eigenvalue weighted by atomic mass is 32.2. The molecule has 0 aliphatic carbocycles. The normalized spacial score (nSPS) is 16.2. The van der Waals surface area contributed by atoms with Crippen molar-refractivity contribution in [1.82, 2.24) is 14.9 Å². The second kappa shape index (κ2) is 10.9. The molecule has 0 atom stereocenters. The number of rotatable bonds is 9. The van der Waals surface area contributed by atoms with Gasteiger partial charge in [-0.25, -0.2) is 8.42 Å². The summed E-state index contributed by atoms with van der Waals surface area (Å²) in [5, 5.41) is 6.43. The quantitative estimate of drug-likeness (QED) is 0.581. The number of piperidine rings is 1. The van der Waals surface area contributed by atoms with E-state index in [-0.39, 0.29) is 37.4 Å². The highest BCUT2D eigenvalue weighted by Gasteiger charge is 2.29. The lowest BCUT2D eigenvalue weighted by atomic mass is 9.97. The highest BCUT2D eigenvalue weighted by molar-refractivity contribution is 7.92. The van der Waals surface area contributed by atoms with E-state index in [2.05, 4.69) is 10.6 Å². The number of methoxy groups -OCH3 is 1. The van der Waals surface area contributed by atoms with Crippen LogP contribution < -0.4 is 10.6 Å². The predicted molar refractivity (Wildman–Crippen MR) is 107 cm³/mol. The predicted octanol–water partition coefficient (Wildman–Crippen LogP) is 0.578. The van der Waals surface area contributed by atoms with Crippen molar-refractivity contribution in [2.24, 2.45) is 5.92 Å². The van der Waals surface area contributed by atoms with Gasteiger partial charge in [-0.15, -0.1) is 0 Å². The Morgan fingerprint density at radius 1 is 1.18 bits per heavy atom. The van der Waals surface area contributed by atoms with Crippen LogP contribution in [-0.2, 0) is 24.3 Å². The molecule has 2 N–H and O–H groups in total. The molecule has 0 saturated carbocycles. The Labute approximate surface area is 166 Å². The van der Waals surface area contributed by atoms with Gasteiger partial charge in [0.05, 0.1) is 13.2 Å². The SMILES string of the molecule is COCCNC(=O)CNC(=O)C1CCN(S(=O)(=O)/C=C\c2ccccc2)CC1. The maximum absolute atomic E-state index is 12.5. The van der Waals surface area contributed by atoms with E-state index in [1.165, 1.54) is 16.8 Å². The van der Waals surface area contributed by atoms with Crippen LogP contribution in [0.25, 0.3) is 6.08 Å². The smallest absolute Gasteiger partial charge is 0.239 e. The number of hydrogen-bond acceptors (Lipinski definition) is 5. The summed E-state index contributed by atoms with van der Waals surface area (Å²) in [6, 6.07) is 9.20. The molecule has 1 heterocycles. The van der Waals surface area contributed by atoms with Crippen LogP contribution in [0.2, 0.25) is 0 Å². The minimum absolute atomic E-state index is 0.0964. The van der Waals surface area contributed by atoms with E-state index in [9.17, 15) is 18.0 Å². The minimum Gasteiger partial charge on any atom is -0.383 e. The number of carbonyl (C=O) groups excluding carboxylic acids is 2. The van der Waals surface area contributed by atoms with Crippen LogP contribution in [0.4, 0.5) is 0 Å². The van der Waals surface area contributed by atoms with Gasteiger partial charge in [0.25, 0.3) is 0 Å². The molecule has 28 heavy (non-hydrogen) atoms. The summed E-state index contributed by atoms with van der Waals surface area (Å²) >= 11 is 0. The fraction of sp³-hybridized carbons (Fsp3) is 0.474. The minimum atomic E-state index is -3.52. The second-order valence-corrected chi connectivity index (χ2v) is 8.31. The molecule has 2 rings (SSSR count). The van der Waals surface area contributed by atoms with E-state index >= 15 is 0 Å². The number of ether oxygens (including phenoxy) is 1. The van der Waals surface area contributed by atoms with Gasteiger partial charge in [0.1, 0.15) is 0 Å². The van der Waals surface area contributed by atoms with Crippen molar-refractivity contribution < 1.29 is 22.7 Å². The number of nitrogens with one attached hydrogen (secondary N) is 2. The molecule has 1 aliphatic heterocycles. The van der Waals surface area contributed by atoms with E-state index < -0.39 is 10.0 Å². The lowest BCUT2D eigenvalue weighted by molar-refractivity contribution is -0.129. The standard InChI is InChI=1S/C19H27N3O5S/c1-27-13-10-20-18(23)15-21-19(24)17-7-11-22(12-8-17)28(25,26)14-9-16-5-3-2-4-6-16/h2-6,9,14,17H,7-8,10-13,15H2,1H3,(H,20,23)(H,21,24)/b14-9-. The zero-order chi connectivity index (χ0) is 20.4. The van der Waals surface area contributed by atoms with Crippen molar-refractivity contribution in [1.29, 1.82) is 0 Å². The van der Waals surface area contributed by atoms with E-state index in [1.54, 1.807) is 6.08 Å². The average molecular weight is 410 g/mol. The van der Waals surface area contributed by atoms with Crippen molar-refractivity contribution in [2.75, 3.05) is 39.9 Å². The molecular weight excluding hydrogens is 382 g/mol. The summed E-state index contributed by atoms with van der Waals surface area (Å²) in [5.74, 6) is -0.799. The third kappa shape index (κ3) is 7.06. The Bertz CT molecular complexity index is 772. The van der Waals surface area contributed by atoms with Crippen LogP contribution in [0.15, 0.2) is 35.7 Å². The first kappa shape index (κ1) is 22.1. The molecule has 2 amide bonds. The number of benzene rings is 1. The topological polar surface area (TPSA) is 105 Å². The molecule has 0 spiro atoms. The maximum Gasteiger partial charge on any atom is 0.239 e. The molecule has 1 fully saturated rings. The molecular formula is C19H27N3O5S. The molecule has 0 aromatic heterocycles. The van der Waals surface area contributed by atoms with Crippen molar-refractivity contribution in [3.8, 4) is 0 Å². The zero-order valence-corrected chi connectivity index (χ0v) is 16.8. The van der Waals surface area contributed by atoms with Gasteiger partial charge < -0.3 is 15.4 Å². The third-order valence-electron chi connectivity index (χ3n) is 4.47. The van der Waals surface area contributed by atoms with Gasteiger partial charge >= 0.3 is 0 Å². The number of hydrogen-bond donors (Lipinski definition) is 2. The first-order chi connectivity index (χ1) is 13.4. The van der Waals surface area contributed by atoms with Crippen molar-refractivity contribution in [2.45, 2.75) is 12.8 Å². The van der Waals surface area contributed by atoms with E-state index in [4.69, 9.17) is 4.74 Å². The number of sulfonamides is 1. The van der Waals surface area contributed by atoms with Gasteiger partial charge in [0.2, 0.25) is 21.8 Å². The molecule has 8 nitrogen and oxygen atoms in total. The van der Waals surface area contributed by atoms with Crippen molar-refractivity contribution in [3.05, 3.63) is 41.3 Å². The molecule has 1 aromatic rings. The van der Waals surface area contributed by atoms with Gasteiger partial charge in [-0.05, 0) is 24.5 Å². The molecule has 0 radical (unpaired) electrons. The summed E-state index contributed by atoms with van der Waals surface area (Å²) < 4.78 is 31.1. The van der Waals surface area contributed by atoms with E-state index in [0.717, 1.165) is 5.56 Å². The molecule has 9 heteroatoms. The van der Waals surface area contributed by atoms with Crippen molar-refractivity contribution in [3.63, 3.8) is 0 Å². The summed E-state index contributed by atoms with van der Waals surface area (Å²) in [7, 11) is -1.98. The maximum atomic E-state index is 12.5. The Hall–Kier alpha value is -2.23. The third-order valence-corrected chi connectivity index (χ3v) is 6.03. The number of amides is 2. The Morgan fingerprint density at radius 3 is 2.50 bits per heavy atom. The second-order valence-electron chi connectivity index (χ2n) is 6.49. The van der Waals surface area contributed by atoms with E-state index in [0.29, 0.717) is 26.0 Å². The van der Waals surface area contributed by atoms with Crippen LogP contribution in [0.3, 0.4) is 0 Å². The Morgan fingerprint density at radius 2 is 1.86 bits per heavy atom. The molecule has 0 bridgehead atoms. The largest absolute Gasteiger partial charge is 0.383 e. The van der Waals surface area contributed by atoms with E-state index in [1.807, 2.05) is 30.3 Å². The summed E-state index contributed by atoms with van der Waals surface area (Å²) in [4.78, 5) is 23.8. The van der Waals surface area contributed by atoms with Gasteiger partial charge in [-0.1, -0.05) is 30.3 Å². The van der Waals surface area contributed by atoms with Crippen LogP contribution in [0, 0.1) is 5.92 Å². The highest BCUT2D eigenvalue weighted by Crippen LogP contribution is 2.21. The molecule has 0 unspecified atom stereocenters. The zero-order valence-electron chi connectivity index (χ0n) is 16.0. The molecule has 1 saturated heterocycles. The lowest BCUT2D eigenvalue weighted by Crippen LogP contribution is -2.44. The summed E-state index contributed by atoms with van der Waals surface area (Å²) in [5.41, 5.74) is 0.809. The Balaban J connectivity index is 1.77. The van der Waals surface area contributed by atoms with Gasteiger partial charge in [0.15, 0.2) is 0 Å². The van der Waals surface area contributed by atoms with Gasteiger partial charge in [-0.3, -0.25) is 9.59 Å². The molecule has 1 aliphatic rings. The van der Waals surface area contributed by atoms with Gasteiger partial charge in [0, 0.05) is 38.1 Å². The number of carbonyl (C=O) groups is 2.